The molecule has 3 saturated heterocycles. The summed E-state index contributed by atoms with van der Waals surface area (Å²) in [4.78, 5) is 0. The highest BCUT2D eigenvalue weighted by molar-refractivity contribution is 7.80. The molecule has 3 fully saturated rings. The van der Waals surface area contributed by atoms with Gasteiger partial charge in [-0.25, -0.2) is 8.42 Å². The Morgan fingerprint density at radius 2 is 1.85 bits per heavy atom. The molecular weight excluding hydrogens is 392 g/mol. The Kier molecular flexibility index (Phi) is 6.39. The first-order chi connectivity index (χ1) is 12.7. The van der Waals surface area contributed by atoms with Crippen molar-refractivity contribution in [1.82, 2.24) is 0 Å². The zero-order chi connectivity index (χ0) is 19.9. The molecule has 10 atom stereocenters. The second-order valence-electron chi connectivity index (χ2n) is 6.65. The van der Waals surface area contributed by atoms with Crippen LogP contribution in [0.5, 0.6) is 0 Å². The lowest BCUT2D eigenvalue weighted by atomic mass is 9.97. The Bertz CT molecular complexity index is 613. The normalized spacial score (nSPS) is 47.9. The quantitative estimate of drug-likeness (QED) is 0.294. The minimum atomic E-state index is -5.14. The van der Waals surface area contributed by atoms with Crippen LogP contribution in [0.25, 0.3) is 0 Å². The molecule has 12 nitrogen and oxygen atoms in total. The molecule has 13 heteroatoms. The second kappa shape index (κ2) is 8.12. The molecule has 4 unspecified atom stereocenters. The Morgan fingerprint density at radius 1 is 1.15 bits per heavy atom. The van der Waals surface area contributed by atoms with E-state index in [1.165, 1.54) is 7.11 Å². The van der Waals surface area contributed by atoms with Crippen molar-refractivity contribution in [2.75, 3.05) is 20.3 Å². The molecule has 0 aromatic carbocycles. The van der Waals surface area contributed by atoms with Gasteiger partial charge in [0.05, 0.1) is 19.3 Å². The molecule has 3 N–H and O–H groups in total. The highest BCUT2D eigenvalue weighted by Crippen LogP contribution is 2.35. The molecule has 0 radical (unpaired) electrons. The van der Waals surface area contributed by atoms with Gasteiger partial charge in [0.25, 0.3) is 0 Å². The van der Waals surface area contributed by atoms with Crippen LogP contribution >= 0.6 is 0 Å². The number of fused-ring (bicyclic) bond motifs is 2. The molecule has 27 heavy (non-hydrogen) atoms. The van der Waals surface area contributed by atoms with Crippen molar-refractivity contribution in [1.29, 1.82) is 0 Å². The smallest absolute Gasteiger partial charge is 0.218 e. The molecule has 0 spiro atoms. The summed E-state index contributed by atoms with van der Waals surface area (Å²) in [5.41, 5.74) is 0. The van der Waals surface area contributed by atoms with Crippen LogP contribution in [0.3, 0.4) is 0 Å². The van der Waals surface area contributed by atoms with Crippen molar-refractivity contribution in [3.05, 3.63) is 0 Å². The van der Waals surface area contributed by atoms with E-state index < -0.39 is 78.2 Å². The van der Waals surface area contributed by atoms with Crippen LogP contribution in [0.1, 0.15) is 6.92 Å². The number of aliphatic hydroxyl groups is 3. The molecule has 3 aliphatic rings. The molecular formula is C14H23O12S-. The van der Waals surface area contributed by atoms with Crippen LogP contribution in [-0.4, -0.2) is 110 Å². The molecule has 158 valence electrons. The van der Waals surface area contributed by atoms with Gasteiger partial charge < -0.3 is 43.6 Å². The van der Waals surface area contributed by atoms with Crippen molar-refractivity contribution in [3.8, 4) is 0 Å². The van der Waals surface area contributed by atoms with Crippen molar-refractivity contribution >= 4 is 10.4 Å². The van der Waals surface area contributed by atoms with Gasteiger partial charge in [0, 0.05) is 7.11 Å². The summed E-state index contributed by atoms with van der Waals surface area (Å²) in [6.07, 6.45) is -10.6. The van der Waals surface area contributed by atoms with Crippen LogP contribution in [0.2, 0.25) is 0 Å². The summed E-state index contributed by atoms with van der Waals surface area (Å²) < 4.78 is 64.5. The van der Waals surface area contributed by atoms with Gasteiger partial charge in [0.2, 0.25) is 10.4 Å². The summed E-state index contributed by atoms with van der Waals surface area (Å²) in [7, 11) is -3.98. The first-order valence-electron chi connectivity index (χ1n) is 8.38. The number of hydrogen-bond acceptors (Lipinski definition) is 12. The average molecular weight is 415 g/mol. The standard InChI is InChI=1S/C14H24O12S/c1-5-8(16)13-10(7(23-5)4-22-13)25-14-9(17)12(21-2)11(6(3-15)24-14)26-27(18,19)20/h5-17H,3-4H2,1-2H3,(H,18,19,20)/p-1/t5-,6?,7?,8-,9?,10+,11+,12-,13?,14+/m1/s1. The van der Waals surface area contributed by atoms with Crippen LogP contribution in [0, 0.1) is 0 Å². The number of rotatable bonds is 6. The maximum absolute atomic E-state index is 10.9. The lowest BCUT2D eigenvalue weighted by molar-refractivity contribution is -0.327. The van der Waals surface area contributed by atoms with Crippen molar-refractivity contribution in [2.24, 2.45) is 0 Å². The molecule has 3 rings (SSSR count). The fraction of sp³-hybridized carbons (Fsp3) is 1.00. The van der Waals surface area contributed by atoms with E-state index >= 15 is 0 Å². The second-order valence-corrected chi connectivity index (χ2v) is 7.66. The Morgan fingerprint density at radius 3 is 2.44 bits per heavy atom. The molecule has 3 heterocycles. The van der Waals surface area contributed by atoms with Gasteiger partial charge in [-0.05, 0) is 6.92 Å². The predicted octanol–water partition coefficient (Wildman–Crippen LogP) is -3.14. The van der Waals surface area contributed by atoms with Crippen LogP contribution in [0.4, 0.5) is 0 Å². The SMILES string of the molecule is CO[C@@H]1C(O)[C@H](O[C@H]2C3COC2[C@H](O)[C@@H](C)O3)OC(CO)[C@@H]1OS(=O)(=O)[O-]. The number of aliphatic hydroxyl groups excluding tert-OH is 3. The molecule has 0 aromatic rings. The fourth-order valence-corrected chi connectivity index (χ4v) is 4.14. The number of hydrogen-bond donors (Lipinski definition) is 3. The van der Waals surface area contributed by atoms with E-state index in [-0.39, 0.29) is 6.61 Å². The number of methoxy groups -OCH3 is 1. The third-order valence-corrected chi connectivity index (χ3v) is 5.40. The largest absolute Gasteiger partial charge is 0.726 e. The zero-order valence-electron chi connectivity index (χ0n) is 14.6. The van der Waals surface area contributed by atoms with Crippen molar-refractivity contribution in [3.63, 3.8) is 0 Å². The van der Waals surface area contributed by atoms with E-state index in [2.05, 4.69) is 4.18 Å². The van der Waals surface area contributed by atoms with E-state index in [0.29, 0.717) is 0 Å². The Labute approximate surface area is 155 Å². The van der Waals surface area contributed by atoms with Crippen LogP contribution < -0.4 is 0 Å². The van der Waals surface area contributed by atoms with Gasteiger partial charge in [-0.2, -0.15) is 0 Å². The summed E-state index contributed by atoms with van der Waals surface area (Å²) in [5, 5.41) is 30.1. The van der Waals surface area contributed by atoms with Gasteiger partial charge in [-0.3, -0.25) is 4.18 Å². The molecule has 0 aromatic heterocycles. The predicted molar refractivity (Wildman–Crippen MR) is 82.1 cm³/mol. The van der Waals surface area contributed by atoms with Crippen molar-refractivity contribution in [2.45, 2.75) is 68.1 Å². The van der Waals surface area contributed by atoms with Gasteiger partial charge in [0.1, 0.15) is 48.8 Å². The van der Waals surface area contributed by atoms with Gasteiger partial charge in [0.15, 0.2) is 6.29 Å². The summed E-state index contributed by atoms with van der Waals surface area (Å²) in [5.74, 6) is 0. The summed E-state index contributed by atoms with van der Waals surface area (Å²) >= 11 is 0. The van der Waals surface area contributed by atoms with Gasteiger partial charge >= 0.3 is 0 Å². The molecule has 0 amide bonds. The third kappa shape index (κ3) is 4.28. The highest BCUT2D eigenvalue weighted by Gasteiger charge is 2.54. The van der Waals surface area contributed by atoms with E-state index in [1.807, 2.05) is 0 Å². The summed E-state index contributed by atoms with van der Waals surface area (Å²) in [6.45, 7) is 1.14. The van der Waals surface area contributed by atoms with E-state index in [1.54, 1.807) is 6.92 Å². The maximum atomic E-state index is 10.9. The first-order valence-corrected chi connectivity index (χ1v) is 9.71. The topological polar surface area (TPSA) is 173 Å². The van der Waals surface area contributed by atoms with Crippen LogP contribution in [-0.2, 0) is 38.3 Å². The average Bonchev–Trinajstić information content (AvgIpc) is 2.90. The molecule has 3 aliphatic heterocycles. The Hall–Kier alpha value is -0.450. The molecule has 2 bridgehead atoms. The highest BCUT2D eigenvalue weighted by atomic mass is 32.3. The third-order valence-electron chi connectivity index (χ3n) is 4.94. The minimum Gasteiger partial charge on any atom is -0.726 e. The van der Waals surface area contributed by atoms with Gasteiger partial charge in [-0.1, -0.05) is 0 Å². The maximum Gasteiger partial charge on any atom is 0.218 e. The first kappa shape index (κ1) is 21.3. The Balaban J connectivity index is 1.75. The lowest BCUT2D eigenvalue weighted by Crippen LogP contribution is -2.63. The van der Waals surface area contributed by atoms with E-state index in [9.17, 15) is 28.3 Å². The van der Waals surface area contributed by atoms with Gasteiger partial charge in [-0.15, -0.1) is 0 Å². The van der Waals surface area contributed by atoms with E-state index in [4.69, 9.17) is 23.7 Å². The van der Waals surface area contributed by atoms with Crippen molar-refractivity contribution < 1.29 is 56.2 Å². The monoisotopic (exact) mass is 415 g/mol. The lowest BCUT2D eigenvalue weighted by Gasteiger charge is -2.45. The minimum absolute atomic E-state index is 0.177. The van der Waals surface area contributed by atoms with Crippen LogP contribution in [0.15, 0.2) is 0 Å². The zero-order valence-corrected chi connectivity index (χ0v) is 15.4. The molecule has 0 saturated carbocycles. The fourth-order valence-electron chi connectivity index (χ4n) is 3.64. The van der Waals surface area contributed by atoms with E-state index in [0.717, 1.165) is 0 Å². The summed E-state index contributed by atoms with van der Waals surface area (Å²) in [6, 6.07) is 0. The molecule has 0 aliphatic carbocycles. The number of ether oxygens (including phenoxy) is 5.